The summed E-state index contributed by atoms with van der Waals surface area (Å²) < 4.78 is 30.9. The molecule has 2 N–H and O–H groups in total. The highest BCUT2D eigenvalue weighted by molar-refractivity contribution is 6.33. The smallest absolute Gasteiger partial charge is 0.319 e. The van der Waals surface area contributed by atoms with Gasteiger partial charge in [0.25, 0.3) is 0 Å². The lowest BCUT2D eigenvalue weighted by Crippen LogP contribution is -2.51. The molecule has 0 saturated carbocycles. The van der Waals surface area contributed by atoms with Crippen molar-refractivity contribution < 1.29 is 38.0 Å². The van der Waals surface area contributed by atoms with Crippen molar-refractivity contribution >= 4 is 40.1 Å². The van der Waals surface area contributed by atoms with Gasteiger partial charge in [-0.05, 0) is 49.9 Å². The van der Waals surface area contributed by atoms with Crippen molar-refractivity contribution in [2.75, 3.05) is 85.9 Å². The number of hydrogen-bond donors (Lipinski definition) is 2. The summed E-state index contributed by atoms with van der Waals surface area (Å²) in [5.74, 6) is 3.03. The van der Waals surface area contributed by atoms with Crippen LogP contribution in [-0.4, -0.2) is 107 Å². The third-order valence-electron chi connectivity index (χ3n) is 8.99. The number of likely N-dealkylation sites (tertiary alicyclic amines) is 1. The van der Waals surface area contributed by atoms with Gasteiger partial charge in [-0.3, -0.25) is 4.79 Å². The van der Waals surface area contributed by atoms with Crippen LogP contribution in [0.25, 0.3) is 10.9 Å². The van der Waals surface area contributed by atoms with E-state index < -0.39 is 0 Å². The molecular formula is C41H64ClN5O8. The number of amides is 3. The van der Waals surface area contributed by atoms with Crippen LogP contribution in [0.15, 0.2) is 42.7 Å². The minimum Gasteiger partial charge on any atom is -0.494 e. The molecule has 0 bridgehead atoms. The van der Waals surface area contributed by atoms with Crippen molar-refractivity contribution in [1.82, 2.24) is 20.2 Å². The number of halogens is 1. The van der Waals surface area contributed by atoms with Crippen molar-refractivity contribution in [2.45, 2.75) is 67.2 Å². The highest BCUT2D eigenvalue weighted by atomic mass is 35.5. The van der Waals surface area contributed by atoms with Gasteiger partial charge >= 0.3 is 6.03 Å². The Hall–Kier alpha value is -3.75. The zero-order chi connectivity index (χ0) is 40.6. The molecule has 3 saturated heterocycles. The summed E-state index contributed by atoms with van der Waals surface area (Å²) in [6.07, 6.45) is 5.57. The Balaban J connectivity index is 0.000000343. The summed E-state index contributed by atoms with van der Waals surface area (Å²) in [6, 6.07) is 10.2. The Bertz CT molecular complexity index is 1550. The van der Waals surface area contributed by atoms with Crippen LogP contribution in [0.4, 0.5) is 10.5 Å². The molecule has 14 heteroatoms. The second-order valence-electron chi connectivity index (χ2n) is 13.4. The third-order valence-corrected chi connectivity index (χ3v) is 9.30. The molecule has 55 heavy (non-hydrogen) atoms. The number of piperidine rings is 1. The number of anilines is 1. The van der Waals surface area contributed by atoms with E-state index in [1.807, 2.05) is 50.8 Å². The lowest BCUT2D eigenvalue weighted by Gasteiger charge is -2.47. The van der Waals surface area contributed by atoms with E-state index in [0.29, 0.717) is 77.9 Å². The summed E-state index contributed by atoms with van der Waals surface area (Å²) >= 11 is 6.32. The number of aromatic nitrogens is 2. The molecular weight excluding hydrogens is 726 g/mol. The first-order valence-electron chi connectivity index (χ1n) is 19.3. The van der Waals surface area contributed by atoms with Crippen LogP contribution in [0.5, 0.6) is 17.4 Å². The number of fused-ring (bicyclic) bond motifs is 1. The molecule has 1 aromatic heterocycles. The van der Waals surface area contributed by atoms with E-state index in [9.17, 15) is 9.59 Å². The first-order valence-corrected chi connectivity index (χ1v) is 19.7. The van der Waals surface area contributed by atoms with E-state index in [1.165, 1.54) is 12.7 Å². The lowest BCUT2D eigenvalue weighted by atomic mass is 9.77. The van der Waals surface area contributed by atoms with Crippen molar-refractivity contribution in [1.29, 1.82) is 0 Å². The van der Waals surface area contributed by atoms with Gasteiger partial charge in [0.1, 0.15) is 17.8 Å². The molecule has 0 radical (unpaired) electrons. The second kappa shape index (κ2) is 26.2. The molecule has 1 atom stereocenters. The molecule has 3 amide bonds. The van der Waals surface area contributed by atoms with Crippen LogP contribution >= 0.6 is 11.6 Å². The van der Waals surface area contributed by atoms with Gasteiger partial charge in [-0.25, -0.2) is 14.8 Å². The predicted molar refractivity (Wildman–Crippen MR) is 219 cm³/mol. The quantitative estimate of drug-likeness (QED) is 0.195. The third kappa shape index (κ3) is 16.1. The Kier molecular flexibility index (Phi) is 22.6. The highest BCUT2D eigenvalue weighted by Crippen LogP contribution is 2.38. The second-order valence-corrected chi connectivity index (χ2v) is 13.8. The van der Waals surface area contributed by atoms with E-state index in [1.54, 1.807) is 39.5 Å². The molecule has 3 aliphatic heterocycles. The topological polar surface area (TPSA) is 143 Å². The van der Waals surface area contributed by atoms with Gasteiger partial charge in [0, 0.05) is 77.5 Å². The number of nitrogens with one attached hydrogen (secondary N) is 2. The van der Waals surface area contributed by atoms with Crippen molar-refractivity contribution in [3.8, 4) is 17.4 Å². The molecule has 3 aliphatic rings. The zero-order valence-electron chi connectivity index (χ0n) is 34.4. The van der Waals surface area contributed by atoms with Gasteiger partial charge in [-0.1, -0.05) is 52.6 Å². The van der Waals surface area contributed by atoms with E-state index in [2.05, 4.69) is 39.2 Å². The standard InChI is InChI=1S/C21H21ClN4O4.C10H17NO2.C6H14O.C2H6O.C2H6/c1-2-29-14-3-5-16-19(8-14)24-12-25-20(16)30-15-4-6-18(17(22)7-15)26-21(27)23-9-13-10-28-11-13;1-2-9(12)11-5-3-10(4-6-11)7-13-8-10;1-4-6(2)5-7-3;1-3-2;1-2/h3-8,12-13H,2,9-11H2,1H3,(H2,23,26,27);2-8H2,1H3;6H,4-5H2,1-3H3;1-2H3;1-2H3. The minimum absolute atomic E-state index is 0.301. The predicted octanol–water partition coefficient (Wildman–Crippen LogP) is 8.25. The summed E-state index contributed by atoms with van der Waals surface area (Å²) in [7, 11) is 4.99. The van der Waals surface area contributed by atoms with Gasteiger partial charge in [0.2, 0.25) is 11.8 Å². The van der Waals surface area contributed by atoms with Gasteiger partial charge in [-0.2, -0.15) is 0 Å². The largest absolute Gasteiger partial charge is 0.494 e. The number of carbonyl (C=O) groups is 2. The number of methoxy groups -OCH3 is 2. The Morgan fingerprint density at radius 3 is 2.16 bits per heavy atom. The fourth-order valence-corrected chi connectivity index (χ4v) is 5.68. The highest BCUT2D eigenvalue weighted by Gasteiger charge is 2.41. The molecule has 1 unspecified atom stereocenters. The molecule has 3 aromatic rings. The molecule has 4 heterocycles. The molecule has 1 spiro atoms. The maximum Gasteiger partial charge on any atom is 0.319 e. The number of urea groups is 1. The van der Waals surface area contributed by atoms with Gasteiger partial charge < -0.3 is 44.0 Å². The maximum atomic E-state index is 12.0. The van der Waals surface area contributed by atoms with Crippen LogP contribution in [-0.2, 0) is 23.7 Å². The summed E-state index contributed by atoms with van der Waals surface area (Å²) in [5, 5.41) is 6.64. The molecule has 2 aromatic carbocycles. The van der Waals surface area contributed by atoms with Crippen molar-refractivity contribution in [3.63, 3.8) is 0 Å². The molecule has 0 aliphatic carbocycles. The summed E-state index contributed by atoms with van der Waals surface area (Å²) in [6.45, 7) is 19.3. The van der Waals surface area contributed by atoms with Crippen LogP contribution in [0.1, 0.15) is 67.2 Å². The Morgan fingerprint density at radius 2 is 1.65 bits per heavy atom. The van der Waals surface area contributed by atoms with Crippen molar-refractivity contribution in [2.24, 2.45) is 17.3 Å². The number of nitrogens with zero attached hydrogens (tertiary/aromatic N) is 3. The van der Waals surface area contributed by atoms with E-state index in [-0.39, 0.29) is 6.03 Å². The fourth-order valence-electron chi connectivity index (χ4n) is 5.46. The maximum absolute atomic E-state index is 12.0. The first kappa shape index (κ1) is 47.4. The summed E-state index contributed by atoms with van der Waals surface area (Å²) in [5.41, 5.74) is 1.65. The normalized spacial score (nSPS) is 15.7. The average molecular weight is 790 g/mol. The molecule has 6 rings (SSSR count). The number of ether oxygens (including phenoxy) is 6. The van der Waals surface area contributed by atoms with Crippen LogP contribution in [0.3, 0.4) is 0 Å². The van der Waals surface area contributed by atoms with Gasteiger partial charge in [-0.15, -0.1) is 0 Å². The minimum atomic E-state index is -0.315. The van der Waals surface area contributed by atoms with Crippen molar-refractivity contribution in [3.05, 3.63) is 47.7 Å². The number of hydrogen-bond acceptors (Lipinski definition) is 10. The van der Waals surface area contributed by atoms with E-state index >= 15 is 0 Å². The number of rotatable bonds is 11. The first-order chi connectivity index (χ1) is 26.6. The zero-order valence-corrected chi connectivity index (χ0v) is 35.1. The monoisotopic (exact) mass is 789 g/mol. The van der Waals surface area contributed by atoms with Gasteiger partial charge in [0.05, 0.1) is 54.6 Å². The fraction of sp³-hybridized carbons (Fsp3) is 0.610. The number of benzene rings is 2. The molecule has 3 fully saturated rings. The molecule has 308 valence electrons. The van der Waals surface area contributed by atoms with Crippen LogP contribution in [0, 0.1) is 17.3 Å². The Morgan fingerprint density at radius 1 is 0.982 bits per heavy atom. The Labute approximate surface area is 333 Å². The van der Waals surface area contributed by atoms with E-state index in [4.69, 9.17) is 35.3 Å². The van der Waals surface area contributed by atoms with Gasteiger partial charge in [0.15, 0.2) is 0 Å². The summed E-state index contributed by atoms with van der Waals surface area (Å²) in [4.78, 5) is 33.9. The average Bonchev–Trinajstić information content (AvgIpc) is 3.16. The van der Waals surface area contributed by atoms with Crippen LogP contribution in [0.2, 0.25) is 5.02 Å². The van der Waals surface area contributed by atoms with Crippen LogP contribution < -0.4 is 20.1 Å². The molecule has 13 nitrogen and oxygen atoms in total. The van der Waals surface area contributed by atoms with E-state index in [0.717, 1.165) is 62.8 Å². The number of carbonyl (C=O) groups excluding carboxylic acids is 2. The SMILES string of the molecule is CC.CCC(=O)N1CCC2(CC1)COC2.CCC(C)COC.CCOc1ccc2c(Oc3ccc(NC(=O)NCC4COC4)c(Cl)c3)ncnc2c1.COC. The lowest BCUT2D eigenvalue weighted by molar-refractivity contribution is -0.152.